The Labute approximate surface area is 110 Å². The molecule has 0 amide bonds. The van der Waals surface area contributed by atoms with Crippen LogP contribution in [0, 0.1) is 0 Å². The van der Waals surface area contributed by atoms with Gasteiger partial charge in [-0.2, -0.15) is 5.10 Å². The molecule has 0 aliphatic rings. The summed E-state index contributed by atoms with van der Waals surface area (Å²) >= 11 is 0. The van der Waals surface area contributed by atoms with Gasteiger partial charge in [0.1, 0.15) is 0 Å². The van der Waals surface area contributed by atoms with Gasteiger partial charge in [-0.25, -0.2) is 4.79 Å². The summed E-state index contributed by atoms with van der Waals surface area (Å²) in [6.45, 7) is 2.07. The molecule has 2 rings (SSSR count). The minimum Gasteiger partial charge on any atom is -0.462 e. The zero-order valence-electron chi connectivity index (χ0n) is 10.8. The third kappa shape index (κ3) is 3.04. The number of nitrogens with two attached hydrogens (primary N) is 1. The fraction of sp³-hybridized carbons (Fsp3) is 0.231. The number of ether oxygens (including phenoxy) is 2. The van der Waals surface area contributed by atoms with Gasteiger partial charge in [0.05, 0.1) is 30.3 Å². The number of carbonyl (C=O) groups excluding carboxylic acids is 1. The van der Waals surface area contributed by atoms with Crippen LogP contribution in [0.4, 0.5) is 5.69 Å². The summed E-state index contributed by atoms with van der Waals surface area (Å²) in [7, 11) is 1.78. The molecule has 1 heterocycles. The molecule has 0 saturated carbocycles. The smallest absolute Gasteiger partial charge is 0.338 e. The van der Waals surface area contributed by atoms with Gasteiger partial charge in [-0.15, -0.1) is 0 Å². The molecular weight excluding hydrogens is 246 g/mol. The van der Waals surface area contributed by atoms with E-state index in [9.17, 15) is 4.79 Å². The molecule has 6 nitrogen and oxygen atoms in total. The van der Waals surface area contributed by atoms with Crippen LogP contribution < -0.4 is 10.5 Å². The van der Waals surface area contributed by atoms with E-state index in [1.807, 2.05) is 0 Å². The first-order valence-corrected chi connectivity index (χ1v) is 5.83. The summed E-state index contributed by atoms with van der Waals surface area (Å²) in [4.78, 5) is 11.6. The van der Waals surface area contributed by atoms with Crippen molar-refractivity contribution in [2.24, 2.45) is 7.05 Å². The van der Waals surface area contributed by atoms with Crippen molar-refractivity contribution in [2.75, 3.05) is 12.3 Å². The summed E-state index contributed by atoms with van der Waals surface area (Å²) in [6, 6.07) is 4.77. The van der Waals surface area contributed by atoms with Crippen LogP contribution in [-0.2, 0) is 11.8 Å². The molecule has 0 bridgehead atoms. The maximum Gasteiger partial charge on any atom is 0.338 e. The van der Waals surface area contributed by atoms with Crippen molar-refractivity contribution in [3.05, 3.63) is 36.2 Å². The largest absolute Gasteiger partial charge is 0.462 e. The SMILES string of the molecule is CCOC(=O)c1ccc(N)c(Oc2cnn(C)c2)c1. The standard InChI is InChI=1S/C13H15N3O3/c1-3-18-13(17)9-4-5-11(14)12(6-9)19-10-7-15-16(2)8-10/h4-8H,3,14H2,1-2H3. The van der Waals surface area contributed by atoms with Crippen molar-refractivity contribution in [3.8, 4) is 11.5 Å². The van der Waals surface area contributed by atoms with Crippen LogP contribution in [0.15, 0.2) is 30.6 Å². The third-order valence-electron chi connectivity index (χ3n) is 2.43. The predicted octanol–water partition coefficient (Wildman–Crippen LogP) is 1.97. The fourth-order valence-electron chi connectivity index (χ4n) is 1.54. The minimum atomic E-state index is -0.404. The molecule has 0 spiro atoms. The number of anilines is 1. The van der Waals surface area contributed by atoms with Gasteiger partial charge >= 0.3 is 5.97 Å². The molecule has 2 N–H and O–H groups in total. The lowest BCUT2D eigenvalue weighted by Crippen LogP contribution is -2.05. The number of rotatable bonds is 4. The molecule has 6 heteroatoms. The van der Waals surface area contributed by atoms with Crippen LogP contribution in [0.1, 0.15) is 17.3 Å². The molecule has 1 aromatic heterocycles. The van der Waals surface area contributed by atoms with Gasteiger partial charge < -0.3 is 15.2 Å². The molecule has 0 aliphatic carbocycles. The summed E-state index contributed by atoms with van der Waals surface area (Å²) in [5.74, 6) is 0.548. The predicted molar refractivity (Wildman–Crippen MR) is 70.1 cm³/mol. The number of esters is 1. The number of carbonyl (C=O) groups is 1. The average molecular weight is 261 g/mol. The van der Waals surface area contributed by atoms with Gasteiger partial charge in [0.2, 0.25) is 0 Å². The second kappa shape index (κ2) is 5.43. The van der Waals surface area contributed by atoms with E-state index >= 15 is 0 Å². The third-order valence-corrected chi connectivity index (χ3v) is 2.43. The highest BCUT2D eigenvalue weighted by Gasteiger charge is 2.11. The molecule has 0 radical (unpaired) electrons. The molecular formula is C13H15N3O3. The minimum absolute atomic E-state index is 0.321. The Balaban J connectivity index is 2.24. The first-order valence-electron chi connectivity index (χ1n) is 5.83. The van der Waals surface area contributed by atoms with Crippen LogP contribution in [0.25, 0.3) is 0 Å². The highest BCUT2D eigenvalue weighted by molar-refractivity contribution is 5.90. The summed E-state index contributed by atoms with van der Waals surface area (Å²) < 4.78 is 12.1. The first kappa shape index (κ1) is 12.9. The van der Waals surface area contributed by atoms with Crippen LogP contribution in [0.2, 0.25) is 0 Å². The first-order chi connectivity index (χ1) is 9.10. The molecule has 0 aliphatic heterocycles. The van der Waals surface area contributed by atoms with Crippen molar-refractivity contribution < 1.29 is 14.3 Å². The Morgan fingerprint density at radius 3 is 2.89 bits per heavy atom. The van der Waals surface area contributed by atoms with Gasteiger partial charge in [0, 0.05) is 7.05 Å². The Morgan fingerprint density at radius 2 is 2.26 bits per heavy atom. The number of hydrogen-bond donors (Lipinski definition) is 1. The Hall–Kier alpha value is -2.50. The van der Waals surface area contributed by atoms with Gasteiger partial charge in [-0.1, -0.05) is 0 Å². The van der Waals surface area contributed by atoms with E-state index in [1.54, 1.807) is 49.2 Å². The van der Waals surface area contributed by atoms with Crippen LogP contribution in [-0.4, -0.2) is 22.4 Å². The number of nitrogen functional groups attached to an aromatic ring is 1. The van der Waals surface area contributed by atoms with E-state index < -0.39 is 5.97 Å². The van der Waals surface area contributed by atoms with E-state index in [2.05, 4.69) is 5.10 Å². The zero-order chi connectivity index (χ0) is 13.8. The fourth-order valence-corrected chi connectivity index (χ4v) is 1.54. The molecule has 1 aromatic carbocycles. The van der Waals surface area contributed by atoms with Gasteiger partial charge in [0.15, 0.2) is 11.5 Å². The van der Waals surface area contributed by atoms with Gasteiger partial charge in [-0.05, 0) is 25.1 Å². The van der Waals surface area contributed by atoms with Crippen LogP contribution in [0.3, 0.4) is 0 Å². The van der Waals surface area contributed by atoms with Crippen LogP contribution in [0.5, 0.6) is 11.5 Å². The van der Waals surface area contributed by atoms with E-state index in [1.165, 1.54) is 0 Å². The van der Waals surface area contributed by atoms with E-state index in [0.29, 0.717) is 29.4 Å². The molecule has 0 saturated heterocycles. The van der Waals surface area contributed by atoms with Crippen molar-refractivity contribution in [1.29, 1.82) is 0 Å². The van der Waals surface area contributed by atoms with E-state index in [0.717, 1.165) is 0 Å². The van der Waals surface area contributed by atoms with Crippen molar-refractivity contribution in [3.63, 3.8) is 0 Å². The quantitative estimate of drug-likeness (QED) is 0.672. The number of aryl methyl sites for hydroxylation is 1. The van der Waals surface area contributed by atoms with Crippen molar-refractivity contribution in [1.82, 2.24) is 9.78 Å². The number of benzene rings is 1. The normalized spacial score (nSPS) is 10.2. The second-order valence-corrected chi connectivity index (χ2v) is 3.92. The van der Waals surface area contributed by atoms with Crippen LogP contribution >= 0.6 is 0 Å². The lowest BCUT2D eigenvalue weighted by atomic mass is 10.2. The van der Waals surface area contributed by atoms with E-state index in [4.69, 9.17) is 15.2 Å². The Morgan fingerprint density at radius 1 is 1.47 bits per heavy atom. The van der Waals surface area contributed by atoms with Crippen molar-refractivity contribution >= 4 is 11.7 Å². The highest BCUT2D eigenvalue weighted by atomic mass is 16.5. The second-order valence-electron chi connectivity index (χ2n) is 3.92. The molecule has 0 atom stereocenters. The highest BCUT2D eigenvalue weighted by Crippen LogP contribution is 2.28. The summed E-state index contributed by atoms with van der Waals surface area (Å²) in [5.41, 5.74) is 6.65. The zero-order valence-corrected chi connectivity index (χ0v) is 10.8. The van der Waals surface area contributed by atoms with E-state index in [-0.39, 0.29) is 0 Å². The summed E-state index contributed by atoms with van der Waals surface area (Å²) in [6.07, 6.45) is 3.27. The Bertz CT molecular complexity index is 593. The summed E-state index contributed by atoms with van der Waals surface area (Å²) in [5, 5.41) is 3.99. The maximum atomic E-state index is 11.6. The average Bonchev–Trinajstić information content (AvgIpc) is 2.78. The molecule has 0 fully saturated rings. The monoisotopic (exact) mass is 261 g/mol. The van der Waals surface area contributed by atoms with Gasteiger partial charge in [0.25, 0.3) is 0 Å². The lowest BCUT2D eigenvalue weighted by molar-refractivity contribution is 0.0526. The molecule has 19 heavy (non-hydrogen) atoms. The lowest BCUT2D eigenvalue weighted by Gasteiger charge is -2.08. The topological polar surface area (TPSA) is 79.4 Å². The molecule has 0 unspecified atom stereocenters. The number of aromatic nitrogens is 2. The number of nitrogens with zero attached hydrogens (tertiary/aromatic N) is 2. The maximum absolute atomic E-state index is 11.6. The molecule has 100 valence electrons. The van der Waals surface area contributed by atoms with Crippen molar-refractivity contribution in [2.45, 2.75) is 6.92 Å². The van der Waals surface area contributed by atoms with Gasteiger partial charge in [-0.3, -0.25) is 4.68 Å². The number of hydrogen-bond acceptors (Lipinski definition) is 5. The molecule has 2 aromatic rings. The Kier molecular flexibility index (Phi) is 3.70.